The highest BCUT2D eigenvalue weighted by atomic mass is 16.8. The lowest BCUT2D eigenvalue weighted by Gasteiger charge is -2.19. The highest BCUT2D eigenvalue weighted by Crippen LogP contribution is 2.48. The summed E-state index contributed by atoms with van der Waals surface area (Å²) in [5.41, 5.74) is 2.96. The van der Waals surface area contributed by atoms with Crippen LogP contribution in [0, 0.1) is 0 Å². The Balaban J connectivity index is 1.65. The minimum Gasteiger partial charge on any atom is -0.496 e. The zero-order chi connectivity index (χ0) is 29.1. The van der Waals surface area contributed by atoms with Crippen molar-refractivity contribution in [2.75, 3.05) is 13.9 Å². The number of fused-ring (bicyclic) bond motifs is 5. The molecule has 0 saturated carbocycles. The van der Waals surface area contributed by atoms with E-state index in [4.69, 9.17) is 18.9 Å². The topological polar surface area (TPSA) is 116 Å². The number of methoxy groups -OCH3 is 1. The van der Waals surface area contributed by atoms with Gasteiger partial charge in [-0.05, 0) is 73.9 Å². The Kier molecular flexibility index (Phi) is 8.39. The minimum absolute atomic E-state index is 0.0169. The second kappa shape index (κ2) is 12.1. The lowest BCUT2D eigenvalue weighted by atomic mass is 9.94. The van der Waals surface area contributed by atoms with Crippen LogP contribution in [0.1, 0.15) is 56.3 Å². The fourth-order valence-corrected chi connectivity index (χ4v) is 5.51. The van der Waals surface area contributed by atoms with Crippen LogP contribution in [0.4, 0.5) is 5.69 Å². The van der Waals surface area contributed by atoms with E-state index in [0.717, 1.165) is 31.1 Å². The molecule has 1 aliphatic carbocycles. The molecule has 2 aliphatic rings. The van der Waals surface area contributed by atoms with Gasteiger partial charge in [0.15, 0.2) is 11.5 Å². The molecule has 1 heterocycles. The molecule has 0 bridgehead atoms. The molecule has 0 fully saturated rings. The summed E-state index contributed by atoms with van der Waals surface area (Å²) in [6, 6.07) is 8.47. The maximum absolute atomic E-state index is 13.9. The lowest BCUT2D eigenvalue weighted by molar-refractivity contribution is -1.19. The Morgan fingerprint density at radius 2 is 1.80 bits per heavy atom. The number of hydrogen-bond acceptors (Lipinski definition) is 8. The van der Waals surface area contributed by atoms with Crippen LogP contribution in [0.5, 0.6) is 17.2 Å². The van der Waals surface area contributed by atoms with Gasteiger partial charge >= 0.3 is 5.97 Å². The molecule has 9 heteroatoms. The summed E-state index contributed by atoms with van der Waals surface area (Å²) in [6.07, 6.45) is 9.54. The maximum Gasteiger partial charge on any atom is 0.339 e. The van der Waals surface area contributed by atoms with Crippen molar-refractivity contribution in [3.63, 3.8) is 0 Å². The molecule has 3 aromatic rings. The first-order valence-corrected chi connectivity index (χ1v) is 13.6. The van der Waals surface area contributed by atoms with Gasteiger partial charge in [0.05, 0.1) is 18.1 Å². The minimum atomic E-state index is -0.966. The standard InChI is InChI=1S/C32H33NO8/c1-19-7-4-9-20(2)13-22(14-21(17-34)10-5-8-19)41-32(35)25-16-28-31(40-18-39-28)30-23-11-6-12-27(38-3)24(23)15-26(29(25)30)33(36)37/h6,8-9,11-12,14-17,22,36-37H,4-5,7,10,13,18H2,1-3H3/p+1. The number of ether oxygens (including phenoxy) is 4. The number of esters is 1. The Bertz CT molecular complexity index is 1600. The number of rotatable bonds is 5. The molecule has 9 nitrogen and oxygen atoms in total. The molecule has 3 N–H and O–H groups in total. The number of allylic oxidation sites excluding steroid dienone is 4. The Hall–Kier alpha value is -4.18. The van der Waals surface area contributed by atoms with Gasteiger partial charge in [0.2, 0.25) is 12.5 Å². The molecule has 1 unspecified atom stereocenters. The zero-order valence-corrected chi connectivity index (χ0v) is 23.4. The fraction of sp³-hybridized carbons (Fsp3) is 0.312. The van der Waals surface area contributed by atoms with Crippen molar-refractivity contribution in [1.29, 1.82) is 0 Å². The number of carbonyl (C=O) groups is 2. The smallest absolute Gasteiger partial charge is 0.339 e. The van der Waals surface area contributed by atoms with Gasteiger partial charge in [-0.15, -0.1) is 0 Å². The summed E-state index contributed by atoms with van der Waals surface area (Å²) < 4.78 is 23.0. The first-order valence-electron chi connectivity index (χ1n) is 13.6. The third kappa shape index (κ3) is 5.83. The van der Waals surface area contributed by atoms with E-state index in [1.165, 1.54) is 18.7 Å². The molecule has 0 radical (unpaired) electrons. The van der Waals surface area contributed by atoms with E-state index in [1.54, 1.807) is 24.3 Å². The van der Waals surface area contributed by atoms with Gasteiger partial charge in [-0.1, -0.05) is 35.4 Å². The summed E-state index contributed by atoms with van der Waals surface area (Å²) >= 11 is 0. The van der Waals surface area contributed by atoms with Crippen LogP contribution in [-0.4, -0.2) is 42.7 Å². The average Bonchev–Trinajstić information content (AvgIpc) is 3.43. The summed E-state index contributed by atoms with van der Waals surface area (Å²) in [5.74, 6) is 0.540. The summed E-state index contributed by atoms with van der Waals surface area (Å²) in [7, 11) is 1.52. The van der Waals surface area contributed by atoms with Crippen LogP contribution < -0.4 is 19.4 Å². The Morgan fingerprint density at radius 1 is 1.02 bits per heavy atom. The number of aldehydes is 1. The zero-order valence-electron chi connectivity index (χ0n) is 23.4. The quantitative estimate of drug-likeness (QED) is 0.123. The molecule has 3 aromatic carbocycles. The molecule has 0 aromatic heterocycles. The van der Waals surface area contributed by atoms with Crippen molar-refractivity contribution >= 4 is 39.5 Å². The number of carbonyl (C=O) groups excluding carboxylic acids is 2. The van der Waals surface area contributed by atoms with Gasteiger partial charge in [0, 0.05) is 23.3 Å². The second-order valence-corrected chi connectivity index (χ2v) is 10.4. The SMILES string of the molecule is COc1cccc2c1cc([NH+](O)O)c1c(C(=O)OC3C=C(C=O)CCC=C(C)CCC=C(C)C3)cc3c(c12)OCO3. The number of benzene rings is 3. The van der Waals surface area contributed by atoms with E-state index in [2.05, 4.69) is 19.1 Å². The molecular weight excluding hydrogens is 526 g/mol. The molecule has 5 rings (SSSR count). The van der Waals surface area contributed by atoms with E-state index >= 15 is 0 Å². The van der Waals surface area contributed by atoms with Gasteiger partial charge in [-0.3, -0.25) is 4.79 Å². The number of quaternary nitrogens is 1. The maximum atomic E-state index is 13.9. The molecule has 0 saturated heterocycles. The molecular formula is C32H34NO8+. The first-order chi connectivity index (χ1) is 19.8. The second-order valence-electron chi connectivity index (χ2n) is 10.4. The van der Waals surface area contributed by atoms with Crippen LogP contribution in [0.2, 0.25) is 0 Å². The Morgan fingerprint density at radius 3 is 2.56 bits per heavy atom. The van der Waals surface area contributed by atoms with Gasteiger partial charge in [0.1, 0.15) is 18.1 Å². The van der Waals surface area contributed by atoms with Gasteiger partial charge in [-0.25, -0.2) is 4.79 Å². The van der Waals surface area contributed by atoms with Crippen molar-refractivity contribution in [2.45, 2.75) is 52.1 Å². The lowest BCUT2D eigenvalue weighted by Crippen LogP contribution is -3.02. The monoisotopic (exact) mass is 560 g/mol. The van der Waals surface area contributed by atoms with Gasteiger partial charge < -0.3 is 18.9 Å². The largest absolute Gasteiger partial charge is 0.496 e. The highest BCUT2D eigenvalue weighted by molar-refractivity contribution is 6.22. The third-order valence-electron chi connectivity index (χ3n) is 7.53. The van der Waals surface area contributed by atoms with Crippen molar-refractivity contribution in [3.8, 4) is 17.2 Å². The molecule has 0 spiro atoms. The summed E-state index contributed by atoms with van der Waals surface area (Å²) in [5, 5.41) is 21.8. The first kappa shape index (κ1) is 28.4. The van der Waals surface area contributed by atoms with Crippen molar-refractivity contribution < 1.29 is 44.2 Å². The van der Waals surface area contributed by atoms with Crippen LogP contribution in [-0.2, 0) is 9.53 Å². The average molecular weight is 561 g/mol. The van der Waals surface area contributed by atoms with E-state index in [9.17, 15) is 20.0 Å². The van der Waals surface area contributed by atoms with Crippen LogP contribution in [0.25, 0.3) is 21.5 Å². The molecule has 1 aliphatic heterocycles. The van der Waals surface area contributed by atoms with Crippen LogP contribution in [0.15, 0.2) is 65.3 Å². The number of nitrogens with one attached hydrogen (secondary N) is 1. The predicted octanol–water partition coefficient (Wildman–Crippen LogP) is 5.53. The molecule has 41 heavy (non-hydrogen) atoms. The van der Waals surface area contributed by atoms with E-state index in [1.807, 2.05) is 13.0 Å². The van der Waals surface area contributed by atoms with Crippen molar-refractivity contribution in [2.24, 2.45) is 0 Å². The van der Waals surface area contributed by atoms with E-state index in [0.29, 0.717) is 51.8 Å². The predicted molar refractivity (Wildman–Crippen MR) is 152 cm³/mol. The number of hydrogen-bond donors (Lipinski definition) is 3. The van der Waals surface area contributed by atoms with Gasteiger partial charge in [-0.2, -0.15) is 10.4 Å². The third-order valence-corrected chi connectivity index (χ3v) is 7.53. The van der Waals surface area contributed by atoms with Crippen molar-refractivity contribution in [1.82, 2.24) is 0 Å². The summed E-state index contributed by atoms with van der Waals surface area (Å²) in [4.78, 5) is 25.8. The Labute approximate surface area is 237 Å². The summed E-state index contributed by atoms with van der Waals surface area (Å²) in [6.45, 7) is 4.01. The van der Waals surface area contributed by atoms with E-state index < -0.39 is 17.3 Å². The highest BCUT2D eigenvalue weighted by Gasteiger charge is 2.31. The molecule has 214 valence electrons. The molecule has 0 amide bonds. The van der Waals surface area contributed by atoms with Crippen LogP contribution in [0.3, 0.4) is 0 Å². The van der Waals surface area contributed by atoms with Crippen molar-refractivity contribution in [3.05, 3.63) is 70.8 Å². The normalized spacial score (nSPS) is 17.8. The fourth-order valence-electron chi connectivity index (χ4n) is 5.51. The molecule has 1 atom stereocenters. The van der Waals surface area contributed by atoms with E-state index in [-0.39, 0.29) is 23.4 Å². The van der Waals surface area contributed by atoms with Crippen LogP contribution >= 0.6 is 0 Å². The van der Waals surface area contributed by atoms with Gasteiger partial charge in [0.25, 0.3) is 0 Å².